The van der Waals surface area contributed by atoms with Gasteiger partial charge in [-0.15, -0.1) is 0 Å². The second-order valence-corrected chi connectivity index (χ2v) is 10.5. The van der Waals surface area contributed by atoms with Crippen molar-refractivity contribution in [3.63, 3.8) is 0 Å². The smallest absolute Gasteiger partial charge is 0.255 e. The van der Waals surface area contributed by atoms with Crippen LogP contribution in [0.15, 0.2) is 77.7 Å². The molecule has 34 heavy (non-hydrogen) atoms. The van der Waals surface area contributed by atoms with Crippen LogP contribution in [0.5, 0.6) is 0 Å². The van der Waals surface area contributed by atoms with Gasteiger partial charge in [0.15, 0.2) is 0 Å². The molecule has 1 amide bonds. The van der Waals surface area contributed by atoms with Gasteiger partial charge in [0.05, 0.1) is 0 Å². The Morgan fingerprint density at radius 3 is 2.18 bits per heavy atom. The lowest BCUT2D eigenvalue weighted by Gasteiger charge is -2.35. The van der Waals surface area contributed by atoms with E-state index in [1.807, 2.05) is 42.5 Å². The van der Waals surface area contributed by atoms with E-state index in [1.54, 1.807) is 12.1 Å². The Labute approximate surface area is 200 Å². The summed E-state index contributed by atoms with van der Waals surface area (Å²) >= 11 is 0. The first-order valence-corrected chi connectivity index (χ1v) is 12.7. The van der Waals surface area contributed by atoms with E-state index in [-0.39, 0.29) is 18.7 Å². The van der Waals surface area contributed by atoms with Gasteiger partial charge in [-0.25, -0.2) is 12.8 Å². The molecule has 8 heteroatoms. The highest BCUT2D eigenvalue weighted by Crippen LogP contribution is 2.25. The van der Waals surface area contributed by atoms with Gasteiger partial charge >= 0.3 is 0 Å². The van der Waals surface area contributed by atoms with Crippen LogP contribution in [0, 0.1) is 5.82 Å². The minimum absolute atomic E-state index is 0.0795. The van der Waals surface area contributed by atoms with Crippen molar-refractivity contribution in [1.29, 1.82) is 0 Å². The Kier molecular flexibility index (Phi) is 7.00. The van der Waals surface area contributed by atoms with Crippen molar-refractivity contribution in [3.8, 4) is 0 Å². The van der Waals surface area contributed by atoms with E-state index < -0.39 is 26.6 Å². The number of nitrogens with zero attached hydrogens (tertiary/aromatic N) is 2. The molecule has 0 radical (unpaired) electrons. The largest absolute Gasteiger partial charge is 0.369 e. The number of piperazine rings is 1. The van der Waals surface area contributed by atoms with Crippen LogP contribution in [0.1, 0.15) is 35.7 Å². The van der Waals surface area contributed by atoms with Gasteiger partial charge in [-0.3, -0.25) is 4.79 Å². The second-order valence-electron chi connectivity index (χ2n) is 8.60. The molecule has 0 aliphatic carbocycles. The maximum absolute atomic E-state index is 14.6. The molecule has 0 saturated carbocycles. The summed E-state index contributed by atoms with van der Waals surface area (Å²) in [6.07, 6.45) is 0. The summed E-state index contributed by atoms with van der Waals surface area (Å²) in [5.41, 5.74) is 2.82. The number of halogens is 1. The highest BCUT2D eigenvalue weighted by molar-refractivity contribution is 7.89. The lowest BCUT2D eigenvalue weighted by Crippen LogP contribution is -2.48. The molecule has 1 aliphatic rings. The fourth-order valence-electron chi connectivity index (χ4n) is 3.96. The summed E-state index contributed by atoms with van der Waals surface area (Å²) in [6.45, 7) is 5.62. The van der Waals surface area contributed by atoms with Gasteiger partial charge in [0.1, 0.15) is 10.7 Å². The molecule has 4 rings (SSSR count). The third-order valence-electron chi connectivity index (χ3n) is 6.01. The zero-order valence-corrected chi connectivity index (χ0v) is 20.1. The summed E-state index contributed by atoms with van der Waals surface area (Å²) in [5, 5.41) is 2.75. The fourth-order valence-corrected chi connectivity index (χ4v) is 5.47. The highest BCUT2D eigenvalue weighted by atomic mass is 32.2. The van der Waals surface area contributed by atoms with Gasteiger partial charge < -0.3 is 10.2 Å². The van der Waals surface area contributed by atoms with Gasteiger partial charge in [-0.1, -0.05) is 44.2 Å². The van der Waals surface area contributed by atoms with Gasteiger partial charge in [0, 0.05) is 43.1 Å². The molecule has 3 aromatic carbocycles. The minimum atomic E-state index is -4.09. The van der Waals surface area contributed by atoms with Crippen molar-refractivity contribution in [2.45, 2.75) is 24.7 Å². The molecule has 0 spiro atoms. The zero-order valence-electron chi connectivity index (χ0n) is 19.2. The first kappa shape index (κ1) is 23.9. The number of para-hydroxylation sites is 1. The van der Waals surface area contributed by atoms with E-state index in [0.717, 1.165) is 23.4 Å². The number of anilines is 2. The first-order valence-electron chi connectivity index (χ1n) is 11.3. The summed E-state index contributed by atoms with van der Waals surface area (Å²) in [7, 11) is -4.09. The monoisotopic (exact) mass is 481 g/mol. The van der Waals surface area contributed by atoms with Crippen LogP contribution < -0.4 is 10.2 Å². The van der Waals surface area contributed by atoms with Crippen LogP contribution in [0.2, 0.25) is 0 Å². The third kappa shape index (κ3) is 5.13. The number of carbonyl (C=O) groups excluding carboxylic acids is 1. The molecule has 1 fully saturated rings. The zero-order chi connectivity index (χ0) is 24.3. The van der Waals surface area contributed by atoms with Crippen molar-refractivity contribution in [2.24, 2.45) is 0 Å². The van der Waals surface area contributed by atoms with Crippen LogP contribution >= 0.6 is 0 Å². The average molecular weight is 482 g/mol. The number of carbonyl (C=O) groups is 1. The fraction of sp³-hybridized carbons (Fsp3) is 0.269. The Balaban J connectivity index is 1.49. The molecule has 6 nitrogen and oxygen atoms in total. The summed E-state index contributed by atoms with van der Waals surface area (Å²) < 4.78 is 42.3. The van der Waals surface area contributed by atoms with Crippen LogP contribution in [-0.2, 0) is 10.0 Å². The number of hydrogen-bond donors (Lipinski definition) is 1. The van der Waals surface area contributed by atoms with Gasteiger partial charge in [-0.05, 0) is 53.9 Å². The molecule has 3 aromatic rings. The molecule has 178 valence electrons. The van der Waals surface area contributed by atoms with Crippen molar-refractivity contribution in [3.05, 3.63) is 89.7 Å². The first-order chi connectivity index (χ1) is 16.3. The molecule has 0 aromatic heterocycles. The maximum Gasteiger partial charge on any atom is 0.255 e. The number of amides is 1. The van der Waals surface area contributed by atoms with E-state index in [4.69, 9.17) is 0 Å². The standard InChI is InChI=1S/C26H28FN3O3S/c1-19(2)20-8-11-22(12-9-20)28-26(31)21-10-13-24(27)25(18-21)34(32,33)30-16-14-29(15-17-30)23-6-4-3-5-7-23/h3-13,18-19H,14-17H2,1-2H3,(H,28,31). The molecule has 0 atom stereocenters. The molecule has 1 saturated heterocycles. The topological polar surface area (TPSA) is 69.7 Å². The molecule has 1 heterocycles. The SMILES string of the molecule is CC(C)c1ccc(NC(=O)c2ccc(F)c(S(=O)(=O)N3CCN(c4ccccc4)CC3)c2)cc1. The van der Waals surface area contributed by atoms with E-state index in [2.05, 4.69) is 24.1 Å². The minimum Gasteiger partial charge on any atom is -0.369 e. The predicted octanol–water partition coefficient (Wildman–Crippen LogP) is 4.71. The summed E-state index contributed by atoms with van der Waals surface area (Å²) in [6, 6.07) is 20.6. The van der Waals surface area contributed by atoms with Crippen molar-refractivity contribution >= 4 is 27.3 Å². The number of nitrogens with one attached hydrogen (secondary N) is 1. The number of benzene rings is 3. The highest BCUT2D eigenvalue weighted by Gasteiger charge is 2.31. The third-order valence-corrected chi connectivity index (χ3v) is 7.92. The molecule has 0 bridgehead atoms. The van der Waals surface area contributed by atoms with Gasteiger partial charge in [0.2, 0.25) is 10.0 Å². The van der Waals surface area contributed by atoms with E-state index in [1.165, 1.54) is 10.4 Å². The van der Waals surface area contributed by atoms with Gasteiger partial charge in [0.25, 0.3) is 5.91 Å². The van der Waals surface area contributed by atoms with E-state index in [0.29, 0.717) is 24.7 Å². The summed E-state index contributed by atoms with van der Waals surface area (Å²) in [4.78, 5) is 14.4. The van der Waals surface area contributed by atoms with Crippen molar-refractivity contribution < 1.29 is 17.6 Å². The molecule has 1 N–H and O–H groups in total. The summed E-state index contributed by atoms with van der Waals surface area (Å²) in [5.74, 6) is -1.00. The predicted molar refractivity (Wildman–Crippen MR) is 132 cm³/mol. The van der Waals surface area contributed by atoms with Gasteiger partial charge in [-0.2, -0.15) is 4.31 Å². The maximum atomic E-state index is 14.6. The van der Waals surface area contributed by atoms with Crippen LogP contribution in [0.3, 0.4) is 0 Å². The molecular formula is C26H28FN3O3S. The van der Waals surface area contributed by atoms with E-state index >= 15 is 0 Å². The molecule has 1 aliphatic heterocycles. The Hall–Kier alpha value is -3.23. The van der Waals surface area contributed by atoms with Crippen molar-refractivity contribution in [2.75, 3.05) is 36.4 Å². The Morgan fingerprint density at radius 1 is 0.912 bits per heavy atom. The quantitative estimate of drug-likeness (QED) is 0.554. The van der Waals surface area contributed by atoms with Crippen LogP contribution in [0.25, 0.3) is 0 Å². The normalized spacial score (nSPS) is 14.9. The van der Waals surface area contributed by atoms with E-state index in [9.17, 15) is 17.6 Å². The molecular weight excluding hydrogens is 453 g/mol. The van der Waals surface area contributed by atoms with Crippen molar-refractivity contribution in [1.82, 2.24) is 4.31 Å². The lowest BCUT2D eigenvalue weighted by atomic mass is 10.0. The Bertz CT molecular complexity index is 1250. The number of sulfonamides is 1. The van der Waals surface area contributed by atoms with Crippen LogP contribution in [-0.4, -0.2) is 44.8 Å². The number of rotatable bonds is 6. The number of hydrogen-bond acceptors (Lipinski definition) is 4. The lowest BCUT2D eigenvalue weighted by molar-refractivity contribution is 0.102. The Morgan fingerprint density at radius 2 is 1.56 bits per heavy atom. The molecule has 0 unspecified atom stereocenters. The second kappa shape index (κ2) is 9.95. The van der Waals surface area contributed by atoms with Crippen LogP contribution in [0.4, 0.5) is 15.8 Å². The average Bonchev–Trinajstić information content (AvgIpc) is 2.85.